The van der Waals surface area contributed by atoms with Crippen LogP contribution in [-0.2, 0) is 4.79 Å². The van der Waals surface area contributed by atoms with Crippen LogP contribution in [0.2, 0.25) is 5.02 Å². The monoisotopic (exact) mass is 453 g/mol. The molecule has 1 amide bonds. The first-order valence-electron chi connectivity index (χ1n) is 9.87. The molecule has 0 spiro atoms. The van der Waals surface area contributed by atoms with Gasteiger partial charge in [0, 0.05) is 19.0 Å². The van der Waals surface area contributed by atoms with Gasteiger partial charge in [-0.2, -0.15) is 9.78 Å². The molecule has 0 radical (unpaired) electrons. The Hall–Kier alpha value is -3.63. The number of fused-ring (bicyclic) bond motifs is 1. The Bertz CT molecular complexity index is 1230. The van der Waals surface area contributed by atoms with E-state index < -0.39 is 12.0 Å². The van der Waals surface area contributed by atoms with Gasteiger partial charge in [0.25, 0.3) is 5.91 Å². The van der Waals surface area contributed by atoms with Crippen LogP contribution in [0.25, 0.3) is 16.9 Å². The topological polar surface area (TPSA) is 128 Å². The Kier molecular flexibility index (Phi) is 6.52. The Balaban J connectivity index is 1.62. The standard InChI is InChI=1S/C21H20ClN7O3/c1-13-6-7-17(24-10-13)28-20(31)16(5-3-9-30)32-21-14-11-27-29(18(14)25-12-26-21)19-15(22)4-2-8-23-19/h2,4,6-8,10-12,16,30H,3,5,9H2,1H3,(H,24,28,31)/t16-/m0/s1. The summed E-state index contributed by atoms with van der Waals surface area (Å²) in [6.07, 6.45) is 5.83. The number of nitrogens with one attached hydrogen (secondary N) is 1. The Labute approximate surface area is 188 Å². The van der Waals surface area contributed by atoms with Crippen LogP contribution in [-0.4, -0.2) is 53.4 Å². The van der Waals surface area contributed by atoms with E-state index in [1.807, 2.05) is 13.0 Å². The number of aliphatic hydroxyl groups excluding tert-OH is 1. The molecule has 0 aliphatic heterocycles. The van der Waals surface area contributed by atoms with E-state index in [0.717, 1.165) is 5.56 Å². The van der Waals surface area contributed by atoms with Crippen molar-refractivity contribution in [2.45, 2.75) is 25.9 Å². The number of rotatable bonds is 8. The van der Waals surface area contributed by atoms with E-state index in [2.05, 4.69) is 30.4 Å². The third-order valence-corrected chi connectivity index (χ3v) is 4.90. The fourth-order valence-corrected chi connectivity index (χ4v) is 3.21. The molecule has 4 heterocycles. The smallest absolute Gasteiger partial charge is 0.266 e. The number of nitrogens with zero attached hydrogens (tertiary/aromatic N) is 6. The second kappa shape index (κ2) is 9.67. The molecule has 4 rings (SSSR count). The lowest BCUT2D eigenvalue weighted by Crippen LogP contribution is -2.33. The van der Waals surface area contributed by atoms with Crippen LogP contribution in [0.15, 0.2) is 49.2 Å². The van der Waals surface area contributed by atoms with E-state index >= 15 is 0 Å². The zero-order chi connectivity index (χ0) is 22.5. The molecule has 0 saturated heterocycles. The molecule has 0 unspecified atom stereocenters. The molecule has 4 aromatic rings. The summed E-state index contributed by atoms with van der Waals surface area (Å²) < 4.78 is 7.44. The van der Waals surface area contributed by atoms with Crippen molar-refractivity contribution >= 4 is 34.4 Å². The molecular weight excluding hydrogens is 434 g/mol. The molecule has 164 valence electrons. The number of aromatic nitrogens is 6. The molecule has 2 N–H and O–H groups in total. The summed E-state index contributed by atoms with van der Waals surface area (Å²) in [6.45, 7) is 1.83. The van der Waals surface area contributed by atoms with Crippen molar-refractivity contribution in [3.05, 3.63) is 59.8 Å². The minimum Gasteiger partial charge on any atom is -0.464 e. The van der Waals surface area contributed by atoms with Crippen LogP contribution in [0, 0.1) is 6.92 Å². The van der Waals surface area contributed by atoms with Crippen LogP contribution in [0.1, 0.15) is 18.4 Å². The van der Waals surface area contributed by atoms with Crippen LogP contribution >= 0.6 is 11.6 Å². The first-order chi connectivity index (χ1) is 15.6. The normalized spacial score (nSPS) is 12.0. The minimum absolute atomic E-state index is 0.0782. The molecule has 1 atom stereocenters. The van der Waals surface area contributed by atoms with Crippen molar-refractivity contribution in [2.75, 3.05) is 11.9 Å². The number of amides is 1. The van der Waals surface area contributed by atoms with Gasteiger partial charge in [-0.05, 0) is 43.5 Å². The van der Waals surface area contributed by atoms with Crippen molar-refractivity contribution in [3.8, 4) is 11.7 Å². The molecule has 0 fully saturated rings. The third kappa shape index (κ3) is 4.66. The zero-order valence-corrected chi connectivity index (χ0v) is 17.9. The van der Waals surface area contributed by atoms with Gasteiger partial charge in [-0.25, -0.2) is 19.9 Å². The number of aliphatic hydroxyl groups is 1. The number of hydrogen-bond donors (Lipinski definition) is 2. The van der Waals surface area contributed by atoms with E-state index in [0.29, 0.717) is 34.1 Å². The fraction of sp³-hybridized carbons (Fsp3) is 0.238. The van der Waals surface area contributed by atoms with Crippen LogP contribution in [0.3, 0.4) is 0 Å². The second-order valence-corrected chi connectivity index (χ2v) is 7.37. The zero-order valence-electron chi connectivity index (χ0n) is 17.1. The van der Waals surface area contributed by atoms with Gasteiger partial charge in [0.2, 0.25) is 5.88 Å². The molecule has 0 aliphatic carbocycles. The molecule has 32 heavy (non-hydrogen) atoms. The second-order valence-electron chi connectivity index (χ2n) is 6.96. The summed E-state index contributed by atoms with van der Waals surface area (Å²) in [7, 11) is 0. The Morgan fingerprint density at radius 3 is 2.84 bits per heavy atom. The average molecular weight is 454 g/mol. The largest absolute Gasteiger partial charge is 0.464 e. The number of carbonyl (C=O) groups is 1. The number of halogens is 1. The predicted molar refractivity (Wildman–Crippen MR) is 118 cm³/mol. The lowest BCUT2D eigenvalue weighted by molar-refractivity contribution is -0.123. The maximum atomic E-state index is 12.9. The number of hydrogen-bond acceptors (Lipinski definition) is 8. The molecular formula is C21H20ClN7O3. The maximum absolute atomic E-state index is 12.9. The highest BCUT2D eigenvalue weighted by molar-refractivity contribution is 6.32. The van der Waals surface area contributed by atoms with Crippen LogP contribution in [0.5, 0.6) is 5.88 Å². The number of aryl methyl sites for hydroxylation is 1. The van der Waals surface area contributed by atoms with E-state index in [4.69, 9.17) is 16.3 Å². The molecule has 4 aromatic heterocycles. The predicted octanol–water partition coefficient (Wildman–Crippen LogP) is 2.73. The number of carbonyl (C=O) groups excluding carboxylic acids is 1. The van der Waals surface area contributed by atoms with Gasteiger partial charge < -0.3 is 15.2 Å². The summed E-state index contributed by atoms with van der Waals surface area (Å²) in [5, 5.41) is 17.2. The summed E-state index contributed by atoms with van der Waals surface area (Å²) in [5.41, 5.74) is 1.40. The highest BCUT2D eigenvalue weighted by Gasteiger charge is 2.24. The summed E-state index contributed by atoms with van der Waals surface area (Å²) in [6, 6.07) is 6.97. The summed E-state index contributed by atoms with van der Waals surface area (Å²) in [5.74, 6) is 0.600. The number of pyridine rings is 2. The van der Waals surface area contributed by atoms with Gasteiger partial charge in [0.1, 0.15) is 17.5 Å². The van der Waals surface area contributed by atoms with Crippen molar-refractivity contribution in [1.82, 2.24) is 29.7 Å². The Morgan fingerprint density at radius 1 is 1.22 bits per heavy atom. The van der Waals surface area contributed by atoms with Crippen LogP contribution in [0.4, 0.5) is 5.82 Å². The van der Waals surface area contributed by atoms with Gasteiger partial charge in [-0.3, -0.25) is 4.79 Å². The lowest BCUT2D eigenvalue weighted by atomic mass is 10.2. The van der Waals surface area contributed by atoms with Crippen molar-refractivity contribution < 1.29 is 14.6 Å². The van der Waals surface area contributed by atoms with Crippen molar-refractivity contribution in [1.29, 1.82) is 0 Å². The lowest BCUT2D eigenvalue weighted by Gasteiger charge is -2.18. The van der Waals surface area contributed by atoms with E-state index in [1.54, 1.807) is 30.6 Å². The molecule has 0 aliphatic rings. The van der Waals surface area contributed by atoms with Crippen LogP contribution < -0.4 is 10.1 Å². The summed E-state index contributed by atoms with van der Waals surface area (Å²) >= 11 is 6.25. The highest BCUT2D eigenvalue weighted by atomic mass is 35.5. The highest BCUT2D eigenvalue weighted by Crippen LogP contribution is 2.26. The first-order valence-corrected chi connectivity index (χ1v) is 10.3. The Morgan fingerprint density at radius 2 is 2.09 bits per heavy atom. The van der Waals surface area contributed by atoms with Crippen molar-refractivity contribution in [3.63, 3.8) is 0 Å². The molecule has 0 aromatic carbocycles. The summed E-state index contributed by atoms with van der Waals surface area (Å²) in [4.78, 5) is 29.8. The van der Waals surface area contributed by atoms with Gasteiger partial charge in [-0.1, -0.05) is 17.7 Å². The van der Waals surface area contributed by atoms with Gasteiger partial charge in [0.05, 0.1) is 11.2 Å². The van der Waals surface area contributed by atoms with Gasteiger partial charge >= 0.3 is 0 Å². The average Bonchev–Trinajstić information content (AvgIpc) is 3.23. The fourth-order valence-electron chi connectivity index (χ4n) is 3.01. The third-order valence-electron chi connectivity index (χ3n) is 4.60. The van der Waals surface area contributed by atoms with E-state index in [9.17, 15) is 9.90 Å². The van der Waals surface area contributed by atoms with Crippen molar-refractivity contribution in [2.24, 2.45) is 0 Å². The first kappa shape index (κ1) is 21.6. The number of ether oxygens (including phenoxy) is 1. The molecule has 0 saturated carbocycles. The van der Waals surface area contributed by atoms with Gasteiger partial charge in [-0.15, -0.1) is 0 Å². The molecule has 10 nitrogen and oxygen atoms in total. The minimum atomic E-state index is -0.912. The SMILES string of the molecule is Cc1ccc(NC(=O)[C@H](CCCO)Oc2ncnc3c2cnn3-c2ncccc2Cl)nc1. The van der Waals surface area contributed by atoms with E-state index in [-0.39, 0.29) is 18.9 Å². The molecule has 11 heteroatoms. The maximum Gasteiger partial charge on any atom is 0.266 e. The quantitative estimate of drug-likeness (QED) is 0.416. The van der Waals surface area contributed by atoms with Gasteiger partial charge in [0.15, 0.2) is 17.6 Å². The van der Waals surface area contributed by atoms with E-state index in [1.165, 1.54) is 17.2 Å². The molecule has 0 bridgehead atoms. The number of anilines is 1.